The molecule has 7 rings (SSSR count). The Hall–Kier alpha value is -4.76. The number of imidazole rings is 1. The summed E-state index contributed by atoms with van der Waals surface area (Å²) in [5.41, 5.74) is 6.07. The monoisotopic (exact) mass is 480 g/mol. The second-order valence-electron chi connectivity index (χ2n) is 9.02. The van der Waals surface area contributed by atoms with Crippen molar-refractivity contribution in [3.05, 3.63) is 127 Å². The maximum atomic E-state index is 8.74. The van der Waals surface area contributed by atoms with Crippen molar-refractivity contribution in [1.82, 2.24) is 14.5 Å². The van der Waals surface area contributed by atoms with E-state index in [1.165, 1.54) is 0 Å². The molecule has 0 spiro atoms. The molecule has 0 bridgehead atoms. The Balaban J connectivity index is 1.57. The molecule has 0 atom stereocenters. The van der Waals surface area contributed by atoms with Crippen molar-refractivity contribution in [2.75, 3.05) is 0 Å². The molecule has 0 saturated heterocycles. The summed E-state index contributed by atoms with van der Waals surface area (Å²) in [7, 11) is 0. The number of rotatable bonds is 4. The quantitative estimate of drug-likeness (QED) is 0.236. The molecule has 0 aliphatic rings. The molecule has 0 amide bonds. The zero-order valence-corrected chi connectivity index (χ0v) is 19.9. The smallest absolute Gasteiger partial charge is 0.114 e. The van der Waals surface area contributed by atoms with Gasteiger partial charge in [-0.15, -0.1) is 0 Å². The predicted molar refractivity (Wildman–Crippen MR) is 154 cm³/mol. The fourth-order valence-corrected chi connectivity index (χ4v) is 5.36. The van der Waals surface area contributed by atoms with Gasteiger partial charge in [0, 0.05) is 36.4 Å². The number of nitrogens with zero attached hydrogens (tertiary/aromatic N) is 3. The van der Waals surface area contributed by atoms with Crippen molar-refractivity contribution < 1.29 is 6.85 Å². The third-order valence-electron chi connectivity index (χ3n) is 6.97. The average Bonchev–Trinajstić information content (AvgIpc) is 3.40. The van der Waals surface area contributed by atoms with Gasteiger partial charge in [-0.3, -0.25) is 9.55 Å². The molecule has 2 aromatic heterocycles. The first-order chi connectivity index (χ1) is 20.3. The number of fused-ring (bicyclic) bond motifs is 3. The molecular formula is C34H25N3. The van der Waals surface area contributed by atoms with E-state index < -0.39 is 13.2 Å². The first-order valence-electron chi connectivity index (χ1n) is 14.7. The van der Waals surface area contributed by atoms with E-state index in [4.69, 9.17) is 6.85 Å². The van der Waals surface area contributed by atoms with Crippen molar-refractivity contribution in [2.24, 2.45) is 0 Å². The Labute approximate surface area is 222 Å². The van der Waals surface area contributed by atoms with Crippen LogP contribution in [-0.2, 0) is 6.37 Å². The van der Waals surface area contributed by atoms with E-state index in [2.05, 4.69) is 46.4 Å². The van der Waals surface area contributed by atoms with Gasteiger partial charge >= 0.3 is 0 Å². The van der Waals surface area contributed by atoms with Gasteiger partial charge < -0.3 is 0 Å². The van der Waals surface area contributed by atoms with Gasteiger partial charge in [-0.05, 0) is 51.2 Å². The molecule has 0 aliphatic heterocycles. The summed E-state index contributed by atoms with van der Waals surface area (Å²) in [6.45, 7) is -2.92. The Kier molecular flexibility index (Phi) is 3.97. The maximum absolute atomic E-state index is 8.74. The molecular weight excluding hydrogens is 450 g/mol. The zero-order valence-electron chi connectivity index (χ0n) is 24.9. The van der Waals surface area contributed by atoms with Crippen molar-refractivity contribution in [1.29, 1.82) is 0 Å². The van der Waals surface area contributed by atoms with Crippen LogP contribution in [0.25, 0.3) is 60.5 Å². The van der Waals surface area contributed by atoms with E-state index in [0.29, 0.717) is 16.7 Å². The molecule has 0 fully saturated rings. The van der Waals surface area contributed by atoms with E-state index in [0.717, 1.165) is 43.8 Å². The second-order valence-corrected chi connectivity index (χ2v) is 9.02. The summed E-state index contributed by atoms with van der Waals surface area (Å²) in [5.74, 6) is -0.146. The first kappa shape index (κ1) is 16.8. The number of pyridine rings is 1. The molecule has 0 unspecified atom stereocenters. The van der Waals surface area contributed by atoms with Crippen molar-refractivity contribution in [3.8, 4) is 27.9 Å². The van der Waals surface area contributed by atoms with Gasteiger partial charge in [0.2, 0.25) is 0 Å². The van der Waals surface area contributed by atoms with Crippen LogP contribution in [0.3, 0.4) is 0 Å². The van der Waals surface area contributed by atoms with Gasteiger partial charge in [0.05, 0.1) is 16.7 Å². The molecule has 7 aromatic rings. The van der Waals surface area contributed by atoms with Crippen LogP contribution in [0.2, 0.25) is 0 Å². The van der Waals surface area contributed by atoms with Crippen molar-refractivity contribution in [2.45, 2.75) is 13.2 Å². The average molecular weight is 481 g/mol. The van der Waals surface area contributed by atoms with Crippen LogP contribution in [-0.4, -0.2) is 14.5 Å². The Bertz CT molecular complexity index is 2040. The van der Waals surface area contributed by atoms with Gasteiger partial charge in [-0.2, -0.15) is 0 Å². The first-order valence-corrected chi connectivity index (χ1v) is 12.2. The minimum atomic E-state index is -2.92. The van der Waals surface area contributed by atoms with Crippen molar-refractivity contribution >= 4 is 32.6 Å². The van der Waals surface area contributed by atoms with Crippen LogP contribution in [0.15, 0.2) is 122 Å². The van der Waals surface area contributed by atoms with Crippen LogP contribution in [0, 0.1) is 0 Å². The fraction of sp³-hybridized carbons (Fsp3) is 0.0588. The van der Waals surface area contributed by atoms with Gasteiger partial charge in [-0.25, -0.2) is 4.98 Å². The van der Waals surface area contributed by atoms with Gasteiger partial charge in [0.25, 0.3) is 0 Å². The van der Waals surface area contributed by atoms with Crippen LogP contribution < -0.4 is 0 Å². The van der Waals surface area contributed by atoms with E-state index in [1.54, 1.807) is 16.8 Å². The van der Waals surface area contributed by atoms with Crippen LogP contribution in [0.4, 0.5) is 0 Å². The highest BCUT2D eigenvalue weighted by Crippen LogP contribution is 2.42. The van der Waals surface area contributed by atoms with Crippen LogP contribution in [0.1, 0.15) is 19.5 Å². The third-order valence-corrected chi connectivity index (χ3v) is 6.97. The molecule has 0 radical (unpaired) electrons. The normalized spacial score (nSPS) is 14.2. The summed E-state index contributed by atoms with van der Waals surface area (Å²) in [4.78, 5) is 8.83. The zero-order chi connectivity index (χ0) is 29.1. The van der Waals surface area contributed by atoms with Gasteiger partial charge in [0.1, 0.15) is 5.82 Å². The van der Waals surface area contributed by atoms with E-state index >= 15 is 0 Å². The third kappa shape index (κ3) is 3.43. The lowest BCUT2D eigenvalue weighted by Crippen LogP contribution is -2.03. The van der Waals surface area contributed by atoms with Crippen molar-refractivity contribution in [3.63, 3.8) is 0 Å². The molecule has 3 heteroatoms. The molecule has 2 heterocycles. The molecule has 5 aromatic carbocycles. The summed E-state index contributed by atoms with van der Waals surface area (Å²) in [6.07, 6.45) is 0.907. The molecule has 0 N–H and O–H groups in total. The molecule has 176 valence electrons. The number of para-hydroxylation sites is 2. The molecule has 0 aliphatic carbocycles. The highest BCUT2D eigenvalue weighted by Gasteiger charge is 2.20. The van der Waals surface area contributed by atoms with Gasteiger partial charge in [-0.1, -0.05) is 97.8 Å². The summed E-state index contributed by atoms with van der Waals surface area (Å²) >= 11 is 0. The lowest BCUT2D eigenvalue weighted by Gasteiger charge is -2.19. The minimum Gasteiger partial charge on any atom is -0.295 e. The standard InChI is InChI=1S/C34H25N3/c1-2-32-36-30-15-7-8-16-31(30)37(32)34-28-13-5-3-11-26(28)33(27-12-4-6-14-29(27)34)24-19-17-23(18-20-24)25-10-9-21-35-22-25/h3-22H,2H2,1H3/i1D3,2D2. The number of aromatic nitrogens is 3. The van der Waals surface area contributed by atoms with E-state index in [9.17, 15) is 0 Å². The fourth-order valence-electron chi connectivity index (χ4n) is 5.36. The number of benzene rings is 5. The highest BCUT2D eigenvalue weighted by atomic mass is 15.1. The summed E-state index contributed by atoms with van der Waals surface area (Å²) in [5, 5.41) is 3.68. The maximum Gasteiger partial charge on any atom is 0.114 e. The van der Waals surface area contributed by atoms with Crippen LogP contribution >= 0.6 is 0 Å². The summed E-state index contributed by atoms with van der Waals surface area (Å²) in [6, 6.07) is 35.7. The van der Waals surface area contributed by atoms with Crippen LogP contribution in [0.5, 0.6) is 0 Å². The second kappa shape index (κ2) is 8.72. The Morgan fingerprint density at radius 3 is 2.00 bits per heavy atom. The SMILES string of the molecule is [2H]C([2H])([2H])C([2H])([2H])c1nc2ccccc2n1-c1c2ccccc2c(-c2ccc(-c3cccnc3)cc2)c2ccccc12. The Morgan fingerprint density at radius 2 is 1.32 bits per heavy atom. The Morgan fingerprint density at radius 1 is 0.676 bits per heavy atom. The van der Waals surface area contributed by atoms with E-state index in [-0.39, 0.29) is 5.82 Å². The number of hydrogen-bond donors (Lipinski definition) is 0. The van der Waals surface area contributed by atoms with Gasteiger partial charge in [0.15, 0.2) is 0 Å². The van der Waals surface area contributed by atoms with E-state index in [1.807, 2.05) is 72.9 Å². The highest BCUT2D eigenvalue weighted by molar-refractivity contribution is 6.18. The predicted octanol–water partition coefficient (Wildman–Crippen LogP) is 8.62. The topological polar surface area (TPSA) is 30.7 Å². The number of aryl methyl sites for hydroxylation is 1. The minimum absolute atomic E-state index is 0.146. The molecule has 0 saturated carbocycles. The summed E-state index contributed by atoms with van der Waals surface area (Å²) < 4.78 is 43.4. The largest absolute Gasteiger partial charge is 0.295 e. The number of hydrogen-bond acceptors (Lipinski definition) is 2. The molecule has 3 nitrogen and oxygen atoms in total. The lowest BCUT2D eigenvalue weighted by atomic mass is 9.89. The lowest BCUT2D eigenvalue weighted by molar-refractivity contribution is 0.917. The molecule has 37 heavy (non-hydrogen) atoms.